The van der Waals surface area contributed by atoms with Crippen LogP contribution in [-0.4, -0.2) is 30.3 Å². The normalized spacial score (nSPS) is 11.9. The molecular formula is C28H30O3Si2. The predicted molar refractivity (Wildman–Crippen MR) is 140 cm³/mol. The fourth-order valence-electron chi connectivity index (χ4n) is 4.25. The summed E-state index contributed by atoms with van der Waals surface area (Å²) in [6.45, 7) is 5.02. The molecule has 4 rings (SSSR count). The lowest BCUT2D eigenvalue weighted by atomic mass is 10.3. The fourth-order valence-corrected chi connectivity index (χ4v) is 13.0. The van der Waals surface area contributed by atoms with E-state index in [0.717, 1.165) is 20.7 Å². The summed E-state index contributed by atoms with van der Waals surface area (Å²) in [7, 11) is -6.30. The summed E-state index contributed by atoms with van der Waals surface area (Å²) in [4.78, 5) is 0. The minimum absolute atomic E-state index is 0.504. The Morgan fingerprint density at radius 1 is 0.455 bits per heavy atom. The van der Waals surface area contributed by atoms with E-state index in [4.69, 9.17) is 13.0 Å². The number of hydrogen-bond acceptors (Lipinski definition) is 3. The summed E-state index contributed by atoms with van der Waals surface area (Å²) < 4.78 is 20.5. The van der Waals surface area contributed by atoms with Gasteiger partial charge in [-0.3, -0.25) is 0 Å². The molecule has 33 heavy (non-hydrogen) atoms. The molecule has 3 nitrogen and oxygen atoms in total. The molecule has 0 saturated heterocycles. The lowest BCUT2D eigenvalue weighted by Crippen LogP contribution is -2.76. The molecule has 0 atom stereocenters. The zero-order valence-corrected chi connectivity index (χ0v) is 21.2. The van der Waals surface area contributed by atoms with Gasteiger partial charge >= 0.3 is 8.80 Å². The quantitative estimate of drug-likeness (QED) is 0.262. The largest absolute Gasteiger partial charge is 0.527 e. The van der Waals surface area contributed by atoms with Crippen molar-refractivity contribution in [1.29, 1.82) is 0 Å². The summed E-state index contributed by atoms with van der Waals surface area (Å²) in [6, 6.07) is 41.9. The summed E-state index contributed by atoms with van der Waals surface area (Å²) >= 11 is 0. The minimum atomic E-state index is -3.29. The van der Waals surface area contributed by atoms with Crippen molar-refractivity contribution in [1.82, 2.24) is 0 Å². The van der Waals surface area contributed by atoms with Crippen LogP contribution in [0.4, 0.5) is 0 Å². The van der Waals surface area contributed by atoms with E-state index in [0.29, 0.717) is 13.2 Å². The van der Waals surface area contributed by atoms with Crippen molar-refractivity contribution in [2.24, 2.45) is 0 Å². The van der Waals surface area contributed by atoms with Gasteiger partial charge in [-0.15, -0.1) is 0 Å². The zero-order valence-electron chi connectivity index (χ0n) is 19.2. The molecule has 0 spiro atoms. The van der Waals surface area contributed by atoms with Crippen LogP contribution in [0.1, 0.15) is 13.8 Å². The van der Waals surface area contributed by atoms with Crippen LogP contribution in [0.15, 0.2) is 121 Å². The monoisotopic (exact) mass is 470 g/mol. The Kier molecular flexibility index (Phi) is 7.70. The van der Waals surface area contributed by atoms with Crippen LogP contribution < -0.4 is 20.7 Å². The molecule has 0 N–H and O–H groups in total. The van der Waals surface area contributed by atoms with E-state index in [1.165, 1.54) is 0 Å². The van der Waals surface area contributed by atoms with E-state index in [2.05, 4.69) is 84.9 Å². The molecule has 0 aliphatic rings. The van der Waals surface area contributed by atoms with E-state index < -0.39 is 17.1 Å². The van der Waals surface area contributed by atoms with E-state index >= 15 is 0 Å². The maximum Gasteiger partial charge on any atom is 0.527 e. The summed E-state index contributed by atoms with van der Waals surface area (Å²) in [5.41, 5.74) is 0. The van der Waals surface area contributed by atoms with E-state index in [1.54, 1.807) is 0 Å². The summed E-state index contributed by atoms with van der Waals surface area (Å²) in [6.07, 6.45) is 0. The Labute approximate surface area is 199 Å². The number of rotatable bonds is 10. The van der Waals surface area contributed by atoms with Gasteiger partial charge in [-0.25, -0.2) is 0 Å². The van der Waals surface area contributed by atoms with Crippen LogP contribution in [-0.2, 0) is 13.0 Å². The maximum absolute atomic E-state index is 7.48. The third kappa shape index (κ3) is 4.78. The van der Waals surface area contributed by atoms with Crippen LogP contribution in [0, 0.1) is 0 Å². The molecule has 5 heteroatoms. The van der Waals surface area contributed by atoms with Gasteiger partial charge in [0, 0.05) is 18.4 Å². The molecule has 168 valence electrons. The standard InChI is InChI=1S/C28H30O3Si2/c1-3-29-33(30-4-2,28-23-15-8-16-24-28)31-32(25-17-9-5-10-18-25,26-19-11-6-12-20-26)27-21-13-7-14-22-27/h5-24H,3-4H2,1-2H3. The Morgan fingerprint density at radius 2 is 0.758 bits per heavy atom. The molecule has 0 amide bonds. The van der Waals surface area contributed by atoms with Gasteiger partial charge < -0.3 is 13.0 Å². The third-order valence-corrected chi connectivity index (χ3v) is 13.7. The van der Waals surface area contributed by atoms with Crippen LogP contribution in [0.25, 0.3) is 0 Å². The Morgan fingerprint density at radius 3 is 1.06 bits per heavy atom. The van der Waals surface area contributed by atoms with Crippen molar-refractivity contribution in [2.45, 2.75) is 13.8 Å². The van der Waals surface area contributed by atoms with Gasteiger partial charge in [0.1, 0.15) is 0 Å². The van der Waals surface area contributed by atoms with Crippen molar-refractivity contribution in [3.63, 3.8) is 0 Å². The molecule has 4 aromatic carbocycles. The average Bonchev–Trinajstić information content (AvgIpc) is 2.89. The Hall–Kier alpha value is -2.81. The molecule has 0 unspecified atom stereocenters. The van der Waals surface area contributed by atoms with Crippen molar-refractivity contribution >= 4 is 37.9 Å². The highest BCUT2D eigenvalue weighted by atomic mass is 28.5. The van der Waals surface area contributed by atoms with Crippen LogP contribution in [0.3, 0.4) is 0 Å². The first kappa shape index (κ1) is 23.4. The lowest BCUT2D eigenvalue weighted by molar-refractivity contribution is 0.131. The van der Waals surface area contributed by atoms with Crippen LogP contribution in [0.2, 0.25) is 0 Å². The first-order chi connectivity index (χ1) is 16.2. The SMILES string of the molecule is CCO[Si](OCC)(O[Si](c1ccccc1)(c1ccccc1)c1ccccc1)c1ccccc1. The fraction of sp³-hybridized carbons (Fsp3) is 0.143. The predicted octanol–water partition coefficient (Wildman–Crippen LogP) is 3.59. The molecular weight excluding hydrogens is 440 g/mol. The molecule has 0 fully saturated rings. The summed E-state index contributed by atoms with van der Waals surface area (Å²) in [5, 5.41) is 4.47. The molecule has 0 aromatic heterocycles. The molecule has 4 aromatic rings. The average molecular weight is 471 g/mol. The van der Waals surface area contributed by atoms with E-state index in [1.807, 2.05) is 50.2 Å². The van der Waals surface area contributed by atoms with E-state index in [9.17, 15) is 0 Å². The second kappa shape index (κ2) is 10.9. The van der Waals surface area contributed by atoms with Gasteiger partial charge in [-0.2, -0.15) is 0 Å². The topological polar surface area (TPSA) is 27.7 Å². The second-order valence-electron chi connectivity index (χ2n) is 7.67. The van der Waals surface area contributed by atoms with Crippen molar-refractivity contribution < 1.29 is 13.0 Å². The van der Waals surface area contributed by atoms with Gasteiger partial charge in [0.05, 0.1) is 0 Å². The maximum atomic E-state index is 7.48. The van der Waals surface area contributed by atoms with Crippen molar-refractivity contribution in [3.05, 3.63) is 121 Å². The van der Waals surface area contributed by atoms with Gasteiger partial charge in [0.15, 0.2) is 0 Å². The third-order valence-electron chi connectivity index (χ3n) is 5.62. The molecule has 0 radical (unpaired) electrons. The van der Waals surface area contributed by atoms with Crippen LogP contribution >= 0.6 is 0 Å². The minimum Gasteiger partial charge on any atom is -0.400 e. The Bertz CT molecular complexity index is 1000. The highest BCUT2D eigenvalue weighted by Gasteiger charge is 2.54. The highest BCUT2D eigenvalue weighted by molar-refractivity contribution is 7.10. The number of benzene rings is 4. The van der Waals surface area contributed by atoms with Gasteiger partial charge in [-0.05, 0) is 29.4 Å². The van der Waals surface area contributed by atoms with E-state index in [-0.39, 0.29) is 0 Å². The van der Waals surface area contributed by atoms with Gasteiger partial charge in [0.25, 0.3) is 8.32 Å². The van der Waals surface area contributed by atoms with Crippen molar-refractivity contribution in [3.8, 4) is 0 Å². The highest BCUT2D eigenvalue weighted by Crippen LogP contribution is 2.20. The first-order valence-corrected chi connectivity index (χ1v) is 15.1. The zero-order chi connectivity index (χ0) is 23.0. The summed E-state index contributed by atoms with van der Waals surface area (Å²) in [5.74, 6) is 0. The number of hydrogen-bond donors (Lipinski definition) is 0. The van der Waals surface area contributed by atoms with Crippen molar-refractivity contribution in [2.75, 3.05) is 13.2 Å². The molecule has 0 aliphatic heterocycles. The van der Waals surface area contributed by atoms with Crippen LogP contribution in [0.5, 0.6) is 0 Å². The molecule has 0 aliphatic carbocycles. The first-order valence-electron chi connectivity index (χ1n) is 11.5. The van der Waals surface area contributed by atoms with Gasteiger partial charge in [-0.1, -0.05) is 121 Å². The smallest absolute Gasteiger partial charge is 0.400 e. The molecule has 0 heterocycles. The lowest BCUT2D eigenvalue weighted by Gasteiger charge is -2.41. The van der Waals surface area contributed by atoms with Gasteiger partial charge in [0.2, 0.25) is 0 Å². The Balaban J connectivity index is 2.03. The molecule has 0 saturated carbocycles. The second-order valence-corrected chi connectivity index (χ2v) is 13.8. The molecule has 0 bridgehead atoms.